The Morgan fingerprint density at radius 1 is 1.16 bits per heavy atom. The van der Waals surface area contributed by atoms with Gasteiger partial charge in [0.1, 0.15) is 5.82 Å². The van der Waals surface area contributed by atoms with Gasteiger partial charge in [-0.3, -0.25) is 4.79 Å². The van der Waals surface area contributed by atoms with Gasteiger partial charge < -0.3 is 0 Å². The van der Waals surface area contributed by atoms with Crippen molar-refractivity contribution in [1.82, 2.24) is 0 Å². The fourth-order valence-corrected chi connectivity index (χ4v) is 3.15. The Morgan fingerprint density at radius 3 is 2.53 bits per heavy atom. The largest absolute Gasteiger partial charge is 0.294 e. The molecule has 2 rings (SSSR count). The fraction of sp³-hybridized carbons (Fsp3) is 0.0714. The summed E-state index contributed by atoms with van der Waals surface area (Å²) in [5.74, 6) is -0.487. The molecule has 0 saturated carbocycles. The van der Waals surface area contributed by atoms with Crippen LogP contribution in [-0.4, -0.2) is 5.78 Å². The third kappa shape index (κ3) is 3.65. The molecule has 0 unspecified atom stereocenters. The summed E-state index contributed by atoms with van der Waals surface area (Å²) in [5, 5.41) is 0.265. The second kappa shape index (κ2) is 6.16. The monoisotopic (exact) mass is 404 g/mol. The number of carbonyl (C=O) groups excluding carboxylic acids is 1. The minimum absolute atomic E-state index is 0.0760. The molecule has 0 heterocycles. The maximum Gasteiger partial charge on any atom is 0.168 e. The summed E-state index contributed by atoms with van der Waals surface area (Å²) in [6, 6.07) is 9.37. The molecule has 1 nitrogen and oxygen atoms in total. The predicted molar refractivity (Wildman–Crippen MR) is 81.3 cm³/mol. The average Bonchev–Trinajstić information content (AvgIpc) is 2.32. The molecule has 5 heteroatoms. The smallest absolute Gasteiger partial charge is 0.168 e. The van der Waals surface area contributed by atoms with Crippen molar-refractivity contribution in [2.75, 3.05) is 0 Å². The second-order valence-corrected chi connectivity index (χ2v) is 6.14. The molecule has 0 aliphatic rings. The lowest BCUT2D eigenvalue weighted by atomic mass is 10.0. The van der Waals surface area contributed by atoms with E-state index in [-0.39, 0.29) is 17.2 Å². The zero-order valence-corrected chi connectivity index (χ0v) is 13.5. The molecule has 0 N–H and O–H groups in total. The van der Waals surface area contributed by atoms with E-state index in [1.54, 1.807) is 18.2 Å². The Morgan fingerprint density at radius 2 is 1.89 bits per heavy atom. The molecule has 0 saturated heterocycles. The highest BCUT2D eigenvalue weighted by atomic mass is 79.9. The number of hydrogen-bond acceptors (Lipinski definition) is 1. The van der Waals surface area contributed by atoms with Gasteiger partial charge in [0.05, 0.1) is 0 Å². The lowest BCUT2D eigenvalue weighted by Gasteiger charge is -2.06. The number of carbonyl (C=O) groups is 1. The molecule has 0 spiro atoms. The third-order valence-corrected chi connectivity index (χ3v) is 4.10. The molecule has 2 aromatic rings. The van der Waals surface area contributed by atoms with Gasteiger partial charge in [0.25, 0.3) is 0 Å². The zero-order valence-electron chi connectivity index (χ0n) is 9.59. The molecular formula is C14H8Br2ClFO. The number of Topliss-reactive ketones (excluding diaryl/α,β-unsaturated/α-hetero) is 1. The van der Waals surface area contributed by atoms with Crippen LogP contribution in [0, 0.1) is 5.82 Å². The van der Waals surface area contributed by atoms with Crippen molar-refractivity contribution in [3.05, 3.63) is 67.3 Å². The lowest BCUT2D eigenvalue weighted by Crippen LogP contribution is -2.05. The van der Waals surface area contributed by atoms with Gasteiger partial charge in [-0.15, -0.1) is 0 Å². The minimum Gasteiger partial charge on any atom is -0.294 e. The first-order valence-corrected chi connectivity index (χ1v) is 7.36. The van der Waals surface area contributed by atoms with E-state index < -0.39 is 5.82 Å². The van der Waals surface area contributed by atoms with Crippen LogP contribution >= 0.6 is 43.5 Å². The molecular weight excluding hydrogens is 398 g/mol. The zero-order chi connectivity index (χ0) is 14.0. The summed E-state index contributed by atoms with van der Waals surface area (Å²) in [6.07, 6.45) is 0.138. The standard InChI is InChI=1S/C14H8Br2ClFO/c15-9-2-4-11(12(16)6-9)14(19)5-8-1-3-10(18)7-13(8)17/h1-4,6-7H,5H2. The molecule has 0 bridgehead atoms. The summed E-state index contributed by atoms with van der Waals surface area (Å²) >= 11 is 12.6. The molecule has 98 valence electrons. The molecule has 0 amide bonds. The Labute approximate surface area is 132 Å². The lowest BCUT2D eigenvalue weighted by molar-refractivity contribution is 0.0992. The topological polar surface area (TPSA) is 17.1 Å². The number of benzene rings is 2. The van der Waals surface area contributed by atoms with Crippen LogP contribution in [0.4, 0.5) is 4.39 Å². The number of rotatable bonds is 3. The van der Waals surface area contributed by atoms with Crippen molar-refractivity contribution in [2.24, 2.45) is 0 Å². The third-order valence-electron chi connectivity index (χ3n) is 2.60. The highest BCUT2D eigenvalue weighted by molar-refractivity contribution is 9.11. The summed E-state index contributed by atoms with van der Waals surface area (Å²) < 4.78 is 14.5. The van der Waals surface area contributed by atoms with E-state index in [4.69, 9.17) is 11.6 Å². The highest BCUT2D eigenvalue weighted by Gasteiger charge is 2.13. The van der Waals surface area contributed by atoms with Crippen LogP contribution in [0.15, 0.2) is 45.3 Å². The highest BCUT2D eigenvalue weighted by Crippen LogP contribution is 2.25. The normalized spacial score (nSPS) is 10.5. The van der Waals surface area contributed by atoms with Crippen LogP contribution in [0.3, 0.4) is 0 Å². The molecule has 0 aliphatic heterocycles. The van der Waals surface area contributed by atoms with Crippen LogP contribution in [0.2, 0.25) is 5.02 Å². The number of ketones is 1. The van der Waals surface area contributed by atoms with Gasteiger partial charge >= 0.3 is 0 Å². The minimum atomic E-state index is -0.411. The SMILES string of the molecule is O=C(Cc1ccc(F)cc1Cl)c1ccc(Br)cc1Br. The van der Waals surface area contributed by atoms with Gasteiger partial charge in [0.2, 0.25) is 0 Å². The molecule has 0 fully saturated rings. The van der Waals surface area contributed by atoms with Crippen LogP contribution < -0.4 is 0 Å². The van der Waals surface area contributed by atoms with E-state index in [0.29, 0.717) is 15.6 Å². The summed E-state index contributed by atoms with van der Waals surface area (Å²) in [6.45, 7) is 0. The van der Waals surface area contributed by atoms with Crippen molar-refractivity contribution in [1.29, 1.82) is 0 Å². The van der Waals surface area contributed by atoms with Crippen LogP contribution in [-0.2, 0) is 6.42 Å². The Bertz CT molecular complexity index is 643. The second-order valence-electron chi connectivity index (χ2n) is 3.96. The van der Waals surface area contributed by atoms with Crippen LogP contribution in [0.5, 0.6) is 0 Å². The maximum absolute atomic E-state index is 12.9. The van der Waals surface area contributed by atoms with E-state index in [9.17, 15) is 9.18 Å². The summed E-state index contributed by atoms with van der Waals surface area (Å²) in [4.78, 5) is 12.2. The van der Waals surface area contributed by atoms with Crippen LogP contribution in [0.25, 0.3) is 0 Å². The van der Waals surface area contributed by atoms with E-state index in [1.165, 1.54) is 18.2 Å². The molecule has 0 atom stereocenters. The quantitative estimate of drug-likeness (QED) is 0.621. The van der Waals surface area contributed by atoms with Gasteiger partial charge in [-0.25, -0.2) is 4.39 Å². The molecule has 0 aromatic heterocycles. The Balaban J connectivity index is 2.25. The Kier molecular flexibility index (Phi) is 4.76. The van der Waals surface area contributed by atoms with Gasteiger partial charge in [0.15, 0.2) is 5.78 Å². The number of halogens is 4. The maximum atomic E-state index is 12.9. The first-order chi connectivity index (χ1) is 8.97. The summed E-state index contributed by atoms with van der Waals surface area (Å²) in [7, 11) is 0. The average molecular weight is 406 g/mol. The first kappa shape index (κ1) is 14.7. The fourth-order valence-electron chi connectivity index (χ4n) is 1.65. The molecule has 19 heavy (non-hydrogen) atoms. The van der Waals surface area contributed by atoms with E-state index in [0.717, 1.165) is 4.47 Å². The first-order valence-electron chi connectivity index (χ1n) is 5.39. The summed E-state index contributed by atoms with van der Waals surface area (Å²) in [5.41, 5.74) is 1.19. The van der Waals surface area contributed by atoms with E-state index in [1.807, 2.05) is 0 Å². The van der Waals surface area contributed by atoms with Gasteiger partial charge in [-0.1, -0.05) is 49.5 Å². The van der Waals surface area contributed by atoms with Crippen molar-refractivity contribution in [3.8, 4) is 0 Å². The number of hydrogen-bond donors (Lipinski definition) is 0. The van der Waals surface area contributed by atoms with Crippen molar-refractivity contribution >= 4 is 49.2 Å². The van der Waals surface area contributed by atoms with Crippen molar-refractivity contribution in [2.45, 2.75) is 6.42 Å². The van der Waals surface area contributed by atoms with E-state index >= 15 is 0 Å². The van der Waals surface area contributed by atoms with Gasteiger partial charge in [0, 0.05) is 26.0 Å². The van der Waals surface area contributed by atoms with Crippen molar-refractivity contribution in [3.63, 3.8) is 0 Å². The molecule has 0 aliphatic carbocycles. The van der Waals surface area contributed by atoms with E-state index in [2.05, 4.69) is 31.9 Å². The van der Waals surface area contributed by atoms with Gasteiger partial charge in [-0.2, -0.15) is 0 Å². The van der Waals surface area contributed by atoms with Gasteiger partial charge in [-0.05, 0) is 35.9 Å². The van der Waals surface area contributed by atoms with Crippen LogP contribution in [0.1, 0.15) is 15.9 Å². The van der Waals surface area contributed by atoms with Crippen molar-refractivity contribution < 1.29 is 9.18 Å². The molecule has 0 radical (unpaired) electrons. The molecule has 2 aromatic carbocycles. The Hall–Kier alpha value is -0.710. The predicted octanol–water partition coefficient (Wildman–Crippen LogP) is 5.43.